The fourth-order valence-electron chi connectivity index (χ4n) is 2.27. The molecule has 0 radical (unpaired) electrons. The van der Waals surface area contributed by atoms with Crippen molar-refractivity contribution >= 4 is 35.3 Å². The van der Waals surface area contributed by atoms with Crippen LogP contribution in [0.4, 0.5) is 5.69 Å². The Balaban J connectivity index is 1.68. The molecule has 1 heterocycles. The predicted molar refractivity (Wildman–Crippen MR) is 98.9 cm³/mol. The Morgan fingerprint density at radius 3 is 2.39 bits per heavy atom. The number of nitrogens with zero attached hydrogens (tertiary/aromatic N) is 4. The molecule has 0 saturated heterocycles. The highest BCUT2D eigenvalue weighted by Crippen LogP contribution is 2.20. The first-order chi connectivity index (χ1) is 13.5. The molecule has 10 nitrogen and oxygen atoms in total. The zero-order valence-corrected chi connectivity index (χ0v) is 15.0. The van der Waals surface area contributed by atoms with Crippen LogP contribution in [0.1, 0.15) is 20.7 Å². The number of benzene rings is 2. The van der Waals surface area contributed by atoms with E-state index in [4.69, 9.17) is 10.2 Å². The number of nitrogens with one attached hydrogen (secondary N) is 1. The Morgan fingerprint density at radius 2 is 1.71 bits per heavy atom. The molecule has 1 amide bonds. The lowest BCUT2D eigenvalue weighted by molar-refractivity contribution is -0.113. The molecule has 0 aliphatic heterocycles. The molecule has 0 fully saturated rings. The van der Waals surface area contributed by atoms with Crippen molar-refractivity contribution in [2.24, 2.45) is 0 Å². The number of tetrazole rings is 1. The Bertz CT molecular complexity index is 1030. The third kappa shape index (κ3) is 4.32. The zero-order valence-electron chi connectivity index (χ0n) is 14.1. The maximum atomic E-state index is 12.2. The molecule has 28 heavy (non-hydrogen) atoms. The van der Waals surface area contributed by atoms with E-state index in [1.165, 1.54) is 28.9 Å². The maximum Gasteiger partial charge on any atom is 0.337 e. The van der Waals surface area contributed by atoms with Gasteiger partial charge in [-0.15, -0.1) is 5.10 Å². The number of anilines is 1. The van der Waals surface area contributed by atoms with Crippen LogP contribution in [0.15, 0.2) is 53.7 Å². The maximum absolute atomic E-state index is 12.2. The fraction of sp³-hybridized carbons (Fsp3) is 0.0588. The monoisotopic (exact) mass is 399 g/mol. The van der Waals surface area contributed by atoms with Crippen LogP contribution in [0.25, 0.3) is 5.69 Å². The number of carboxylic acid groups (broad SMARTS) is 2. The third-order valence-electron chi connectivity index (χ3n) is 3.56. The average Bonchev–Trinajstić information content (AvgIpc) is 3.15. The highest BCUT2D eigenvalue weighted by Gasteiger charge is 2.15. The Labute approximate surface area is 162 Å². The molecule has 3 rings (SSSR count). The number of aromatic nitrogens is 4. The van der Waals surface area contributed by atoms with Crippen LogP contribution in [0.5, 0.6) is 0 Å². The summed E-state index contributed by atoms with van der Waals surface area (Å²) in [7, 11) is 0. The summed E-state index contributed by atoms with van der Waals surface area (Å²) in [6, 6.07) is 12.0. The molecule has 0 saturated carbocycles. The van der Waals surface area contributed by atoms with Gasteiger partial charge in [-0.1, -0.05) is 23.9 Å². The molecule has 3 aromatic rings. The van der Waals surface area contributed by atoms with Crippen LogP contribution in [-0.2, 0) is 4.79 Å². The lowest BCUT2D eigenvalue weighted by Gasteiger charge is -2.08. The first kappa shape index (κ1) is 19.0. The summed E-state index contributed by atoms with van der Waals surface area (Å²) in [5, 5.41) is 32.2. The van der Waals surface area contributed by atoms with Crippen LogP contribution in [0.2, 0.25) is 0 Å². The van der Waals surface area contributed by atoms with Crippen molar-refractivity contribution in [3.05, 3.63) is 59.7 Å². The molecular formula is C17H13N5O5S. The molecule has 0 unspecified atom stereocenters. The van der Waals surface area contributed by atoms with Gasteiger partial charge in [0.2, 0.25) is 11.1 Å². The van der Waals surface area contributed by atoms with Crippen LogP contribution in [0.3, 0.4) is 0 Å². The largest absolute Gasteiger partial charge is 0.478 e. The van der Waals surface area contributed by atoms with E-state index in [1.807, 2.05) is 0 Å². The quantitative estimate of drug-likeness (QED) is 0.506. The van der Waals surface area contributed by atoms with Gasteiger partial charge in [0, 0.05) is 0 Å². The van der Waals surface area contributed by atoms with Crippen molar-refractivity contribution in [1.82, 2.24) is 20.2 Å². The number of hydrogen-bond acceptors (Lipinski definition) is 7. The minimum Gasteiger partial charge on any atom is -0.478 e. The number of thioether (sulfide) groups is 1. The standard InChI is InChI=1S/C17H13N5O5S/c23-14(18-13-4-2-1-3-12(13)16(26)27)9-28-17-19-20-21-22(17)11-7-5-10(6-8-11)15(24)25/h1-8H,9H2,(H,18,23)(H,24,25)(H,26,27). The van der Waals surface area contributed by atoms with Crippen molar-refractivity contribution in [2.45, 2.75) is 5.16 Å². The minimum atomic E-state index is -1.14. The summed E-state index contributed by atoms with van der Waals surface area (Å²) >= 11 is 1.05. The number of rotatable bonds is 7. The van der Waals surface area contributed by atoms with E-state index in [2.05, 4.69) is 20.8 Å². The van der Waals surface area contributed by atoms with Gasteiger partial charge in [-0.2, -0.15) is 4.68 Å². The van der Waals surface area contributed by atoms with Crippen LogP contribution in [0, 0.1) is 0 Å². The molecule has 2 aromatic carbocycles. The van der Waals surface area contributed by atoms with Crippen molar-refractivity contribution in [2.75, 3.05) is 11.1 Å². The van der Waals surface area contributed by atoms with E-state index in [0.29, 0.717) is 10.8 Å². The summed E-state index contributed by atoms with van der Waals surface area (Å²) in [6.45, 7) is 0. The van der Waals surface area contributed by atoms with Crippen LogP contribution < -0.4 is 5.32 Å². The number of hydrogen-bond donors (Lipinski definition) is 3. The molecule has 0 aliphatic rings. The third-order valence-corrected chi connectivity index (χ3v) is 4.48. The number of amides is 1. The lowest BCUT2D eigenvalue weighted by atomic mass is 10.2. The van der Waals surface area contributed by atoms with E-state index in [1.54, 1.807) is 24.3 Å². The van der Waals surface area contributed by atoms with E-state index in [9.17, 15) is 14.4 Å². The molecule has 11 heteroatoms. The average molecular weight is 399 g/mol. The second-order valence-corrected chi connectivity index (χ2v) is 6.36. The number of aromatic carboxylic acids is 2. The number of carbonyl (C=O) groups is 3. The van der Waals surface area contributed by atoms with Crippen molar-refractivity contribution in [1.29, 1.82) is 0 Å². The van der Waals surface area contributed by atoms with Crippen molar-refractivity contribution in [3.8, 4) is 5.69 Å². The predicted octanol–water partition coefficient (Wildman–Crippen LogP) is 1.79. The van der Waals surface area contributed by atoms with Gasteiger partial charge < -0.3 is 15.5 Å². The first-order valence-electron chi connectivity index (χ1n) is 7.83. The summed E-state index contributed by atoms with van der Waals surface area (Å²) in [5.74, 6) is -2.66. The summed E-state index contributed by atoms with van der Waals surface area (Å²) < 4.78 is 1.37. The SMILES string of the molecule is O=C(CSc1nnnn1-c1ccc(C(=O)O)cc1)Nc1ccccc1C(=O)O. The van der Waals surface area contributed by atoms with E-state index in [-0.39, 0.29) is 22.6 Å². The minimum absolute atomic E-state index is 0.01000. The molecule has 0 bridgehead atoms. The van der Waals surface area contributed by atoms with Gasteiger partial charge in [0.15, 0.2) is 0 Å². The first-order valence-corrected chi connectivity index (χ1v) is 8.81. The molecular weight excluding hydrogens is 386 g/mol. The Morgan fingerprint density at radius 1 is 1.00 bits per heavy atom. The van der Waals surface area contributed by atoms with Crippen molar-refractivity contribution < 1.29 is 24.6 Å². The Hall–Kier alpha value is -3.73. The highest BCUT2D eigenvalue weighted by molar-refractivity contribution is 7.99. The molecule has 1 aromatic heterocycles. The van der Waals surface area contributed by atoms with Gasteiger partial charge in [0.25, 0.3) is 0 Å². The Kier molecular flexibility index (Phi) is 5.65. The highest BCUT2D eigenvalue weighted by atomic mass is 32.2. The summed E-state index contributed by atoms with van der Waals surface area (Å²) in [6.07, 6.45) is 0. The molecule has 3 N–H and O–H groups in total. The van der Waals surface area contributed by atoms with Crippen LogP contribution >= 0.6 is 11.8 Å². The van der Waals surface area contributed by atoms with Gasteiger partial charge >= 0.3 is 11.9 Å². The topological polar surface area (TPSA) is 147 Å². The van der Waals surface area contributed by atoms with E-state index >= 15 is 0 Å². The van der Waals surface area contributed by atoms with Crippen molar-refractivity contribution in [3.63, 3.8) is 0 Å². The van der Waals surface area contributed by atoms with Gasteiger partial charge in [0.1, 0.15) is 0 Å². The van der Waals surface area contributed by atoms with Gasteiger partial charge in [-0.3, -0.25) is 4.79 Å². The molecule has 0 atom stereocenters. The summed E-state index contributed by atoms with van der Waals surface area (Å²) in [5.41, 5.74) is 0.852. The second kappa shape index (κ2) is 8.31. The lowest BCUT2D eigenvalue weighted by Crippen LogP contribution is -2.17. The summed E-state index contributed by atoms with van der Waals surface area (Å²) in [4.78, 5) is 34.3. The van der Waals surface area contributed by atoms with Gasteiger partial charge in [-0.25, -0.2) is 9.59 Å². The second-order valence-electron chi connectivity index (χ2n) is 5.41. The van der Waals surface area contributed by atoms with E-state index in [0.717, 1.165) is 11.8 Å². The smallest absolute Gasteiger partial charge is 0.337 e. The fourth-order valence-corrected chi connectivity index (χ4v) is 2.96. The zero-order chi connectivity index (χ0) is 20.1. The normalized spacial score (nSPS) is 10.4. The van der Waals surface area contributed by atoms with Gasteiger partial charge in [0.05, 0.1) is 28.3 Å². The molecule has 142 valence electrons. The number of para-hydroxylation sites is 1. The van der Waals surface area contributed by atoms with Gasteiger partial charge in [-0.05, 0) is 46.8 Å². The van der Waals surface area contributed by atoms with Crippen LogP contribution in [-0.4, -0.2) is 54.0 Å². The number of carboxylic acids is 2. The number of carbonyl (C=O) groups excluding carboxylic acids is 1. The molecule has 0 aliphatic carbocycles. The molecule has 0 spiro atoms. The van der Waals surface area contributed by atoms with E-state index < -0.39 is 17.8 Å².